The lowest BCUT2D eigenvalue weighted by molar-refractivity contribution is -0.131. The third-order valence-electron chi connectivity index (χ3n) is 5.56. The number of ketones is 1. The monoisotopic (exact) mass is 439 g/mol. The fraction of sp³-hybridized carbons (Fsp3) is 0.421. The van der Waals surface area contributed by atoms with Crippen LogP contribution in [0, 0.1) is 0 Å². The van der Waals surface area contributed by atoms with Crippen LogP contribution in [0.25, 0.3) is 0 Å². The first-order valence-electron chi connectivity index (χ1n) is 9.09. The van der Waals surface area contributed by atoms with Crippen molar-refractivity contribution in [2.75, 3.05) is 7.05 Å². The molecule has 0 bridgehead atoms. The van der Waals surface area contributed by atoms with E-state index in [4.69, 9.17) is 11.6 Å². The first-order chi connectivity index (χ1) is 13.5. The van der Waals surface area contributed by atoms with Crippen LogP contribution in [-0.4, -0.2) is 34.7 Å². The van der Waals surface area contributed by atoms with Crippen molar-refractivity contribution >= 4 is 27.4 Å². The van der Waals surface area contributed by atoms with Crippen LogP contribution in [0.4, 0.5) is 0 Å². The van der Waals surface area contributed by atoms with Gasteiger partial charge in [0.15, 0.2) is 10.7 Å². The van der Waals surface area contributed by atoms with Crippen molar-refractivity contribution in [3.63, 3.8) is 0 Å². The maximum Gasteiger partial charge on any atom is 0.330 e. The van der Waals surface area contributed by atoms with Gasteiger partial charge in [-0.05, 0) is 24.5 Å². The number of aromatic nitrogens is 2. The van der Waals surface area contributed by atoms with Crippen molar-refractivity contribution in [1.82, 2.24) is 13.4 Å². The summed E-state index contributed by atoms with van der Waals surface area (Å²) in [6.07, 6.45) is 2.72. The van der Waals surface area contributed by atoms with Gasteiger partial charge < -0.3 is 4.57 Å². The standard InChI is InChI=1S/C19H22ClN3O5S/c1-21-12-15(17(25)22(2)18(21)26)29(27,28)23(3)19(11-7-6-10-16(19)24)13-8-4-5-9-14(13)20/h4-5,8-9,12H,6-7,10-11H2,1-3H3/t19-/m1/s1. The molecule has 0 radical (unpaired) electrons. The first kappa shape index (κ1) is 21.5. The molecule has 2 aromatic rings. The summed E-state index contributed by atoms with van der Waals surface area (Å²) in [5.74, 6) is -0.274. The molecule has 156 valence electrons. The Morgan fingerprint density at radius 2 is 1.76 bits per heavy atom. The van der Waals surface area contributed by atoms with Gasteiger partial charge >= 0.3 is 5.69 Å². The van der Waals surface area contributed by atoms with Crippen LogP contribution < -0.4 is 11.2 Å². The quantitative estimate of drug-likeness (QED) is 0.717. The summed E-state index contributed by atoms with van der Waals surface area (Å²) in [4.78, 5) is 37.1. The van der Waals surface area contributed by atoms with E-state index in [0.717, 1.165) is 19.6 Å². The molecule has 10 heteroatoms. The van der Waals surface area contributed by atoms with Crippen LogP contribution in [0.3, 0.4) is 0 Å². The Kier molecular flexibility index (Phi) is 5.59. The van der Waals surface area contributed by atoms with Crippen LogP contribution in [0.15, 0.2) is 44.9 Å². The number of hydrogen-bond acceptors (Lipinski definition) is 5. The highest BCUT2D eigenvalue weighted by Crippen LogP contribution is 2.44. The number of nitrogens with zero attached hydrogens (tertiary/aromatic N) is 3. The number of carbonyl (C=O) groups is 1. The molecule has 1 saturated carbocycles. The summed E-state index contributed by atoms with van der Waals surface area (Å²) in [6, 6.07) is 6.63. The number of aryl methyl sites for hydroxylation is 1. The number of halogens is 1. The molecule has 1 aliphatic carbocycles. The number of hydrogen-bond donors (Lipinski definition) is 0. The third-order valence-corrected chi connectivity index (χ3v) is 7.76. The zero-order chi connectivity index (χ0) is 21.6. The van der Waals surface area contributed by atoms with Gasteiger partial charge in [0, 0.05) is 38.8 Å². The van der Waals surface area contributed by atoms with E-state index in [1.807, 2.05) is 0 Å². The molecule has 0 amide bonds. The Hall–Kier alpha value is -2.23. The van der Waals surface area contributed by atoms with Crippen LogP contribution in [0.2, 0.25) is 5.02 Å². The van der Waals surface area contributed by atoms with Gasteiger partial charge in [-0.2, -0.15) is 4.31 Å². The Balaban J connectivity index is 2.29. The second-order valence-corrected chi connectivity index (χ2v) is 9.54. The normalized spacial score (nSPS) is 20.2. The van der Waals surface area contributed by atoms with Crippen molar-refractivity contribution in [2.24, 2.45) is 14.1 Å². The van der Waals surface area contributed by atoms with E-state index >= 15 is 0 Å². The zero-order valence-electron chi connectivity index (χ0n) is 16.4. The van der Waals surface area contributed by atoms with Gasteiger partial charge in [0.25, 0.3) is 15.6 Å². The number of benzene rings is 1. The summed E-state index contributed by atoms with van der Waals surface area (Å²) in [5.41, 5.74) is -2.72. The maximum atomic E-state index is 13.5. The zero-order valence-corrected chi connectivity index (χ0v) is 18.0. The lowest BCUT2D eigenvalue weighted by atomic mass is 9.75. The number of likely N-dealkylation sites (N-methyl/N-ethyl adjacent to an activating group) is 1. The van der Waals surface area contributed by atoms with Gasteiger partial charge in [-0.1, -0.05) is 36.2 Å². The number of sulfonamides is 1. The first-order valence-corrected chi connectivity index (χ1v) is 10.9. The molecule has 0 aliphatic heterocycles. The molecule has 1 atom stereocenters. The molecule has 29 heavy (non-hydrogen) atoms. The van der Waals surface area contributed by atoms with Crippen LogP contribution in [0.5, 0.6) is 0 Å². The molecule has 0 spiro atoms. The molecule has 3 rings (SSSR count). The highest BCUT2D eigenvalue weighted by atomic mass is 35.5. The van der Waals surface area contributed by atoms with Gasteiger partial charge in [0.1, 0.15) is 5.54 Å². The predicted molar refractivity (Wildman–Crippen MR) is 108 cm³/mol. The van der Waals surface area contributed by atoms with Crippen LogP contribution >= 0.6 is 11.6 Å². The van der Waals surface area contributed by atoms with Gasteiger partial charge in [-0.3, -0.25) is 14.2 Å². The third kappa shape index (κ3) is 3.27. The Bertz CT molecular complexity index is 1200. The fourth-order valence-corrected chi connectivity index (χ4v) is 5.84. The molecule has 1 heterocycles. The molecular formula is C19H22ClN3O5S. The SMILES string of the molecule is CN([C@@]1(c2ccccc2Cl)CCCCC1=O)S(=O)(=O)c1cn(C)c(=O)n(C)c1=O. The highest BCUT2D eigenvalue weighted by molar-refractivity contribution is 7.89. The van der Waals surface area contributed by atoms with E-state index in [2.05, 4.69) is 0 Å². The lowest BCUT2D eigenvalue weighted by Crippen LogP contribution is -2.55. The van der Waals surface area contributed by atoms with E-state index in [1.165, 1.54) is 21.1 Å². The fourth-order valence-electron chi connectivity index (χ4n) is 3.90. The van der Waals surface area contributed by atoms with Crippen LogP contribution in [0.1, 0.15) is 31.2 Å². The van der Waals surface area contributed by atoms with Gasteiger partial charge in [-0.25, -0.2) is 13.2 Å². The molecule has 1 aliphatic rings. The molecule has 0 N–H and O–H groups in total. The topological polar surface area (TPSA) is 98.4 Å². The minimum absolute atomic E-state index is 0.205. The highest BCUT2D eigenvalue weighted by Gasteiger charge is 2.51. The molecule has 1 aromatic heterocycles. The minimum atomic E-state index is -4.43. The van der Waals surface area contributed by atoms with Gasteiger partial charge in [0.05, 0.1) is 0 Å². The summed E-state index contributed by atoms with van der Waals surface area (Å²) in [7, 11) is -0.577. The Morgan fingerprint density at radius 1 is 1.10 bits per heavy atom. The van der Waals surface area contributed by atoms with E-state index < -0.39 is 31.7 Å². The van der Waals surface area contributed by atoms with Crippen molar-refractivity contribution in [3.8, 4) is 0 Å². The summed E-state index contributed by atoms with van der Waals surface area (Å²) >= 11 is 6.37. The number of Topliss-reactive ketones (excluding diaryl/α,β-unsaturated/α-hetero) is 1. The van der Waals surface area contributed by atoms with E-state index in [-0.39, 0.29) is 23.6 Å². The second kappa shape index (κ2) is 7.55. The molecule has 1 aromatic carbocycles. The molecule has 0 unspecified atom stereocenters. The minimum Gasteiger partial charge on any atom is -0.302 e. The smallest absolute Gasteiger partial charge is 0.302 e. The largest absolute Gasteiger partial charge is 0.330 e. The molecule has 8 nitrogen and oxygen atoms in total. The lowest BCUT2D eigenvalue weighted by Gasteiger charge is -2.42. The average Bonchev–Trinajstić information content (AvgIpc) is 2.69. The van der Waals surface area contributed by atoms with E-state index in [0.29, 0.717) is 18.4 Å². The van der Waals surface area contributed by atoms with Crippen molar-refractivity contribution in [2.45, 2.75) is 36.1 Å². The average molecular weight is 440 g/mol. The van der Waals surface area contributed by atoms with Gasteiger partial charge in [-0.15, -0.1) is 0 Å². The maximum absolute atomic E-state index is 13.5. The van der Waals surface area contributed by atoms with E-state index in [1.54, 1.807) is 24.3 Å². The molecule has 0 saturated heterocycles. The summed E-state index contributed by atoms with van der Waals surface area (Å²) in [6.45, 7) is 0. The Morgan fingerprint density at radius 3 is 2.38 bits per heavy atom. The molecular weight excluding hydrogens is 418 g/mol. The predicted octanol–water partition coefficient (Wildman–Crippen LogP) is 1.40. The van der Waals surface area contributed by atoms with Crippen molar-refractivity contribution < 1.29 is 13.2 Å². The Labute approximate surface area is 173 Å². The van der Waals surface area contributed by atoms with Crippen molar-refractivity contribution in [1.29, 1.82) is 0 Å². The van der Waals surface area contributed by atoms with Crippen molar-refractivity contribution in [3.05, 3.63) is 61.9 Å². The summed E-state index contributed by atoms with van der Waals surface area (Å²) < 4.78 is 29.7. The summed E-state index contributed by atoms with van der Waals surface area (Å²) in [5, 5.41) is 0.276. The molecule has 1 fully saturated rings. The number of carbonyl (C=O) groups excluding carboxylic acids is 1. The van der Waals surface area contributed by atoms with Crippen LogP contribution in [-0.2, 0) is 34.5 Å². The second-order valence-electron chi connectivity index (χ2n) is 7.19. The van der Waals surface area contributed by atoms with Gasteiger partial charge in [0.2, 0.25) is 0 Å². The number of rotatable bonds is 4. The van der Waals surface area contributed by atoms with E-state index in [9.17, 15) is 22.8 Å².